The summed E-state index contributed by atoms with van der Waals surface area (Å²) in [4.78, 5) is 37.0. The maximum atomic E-state index is 12.5. The molecule has 0 saturated carbocycles. The van der Waals surface area contributed by atoms with Crippen molar-refractivity contribution < 1.29 is 4.79 Å². The summed E-state index contributed by atoms with van der Waals surface area (Å²) >= 11 is 0. The fourth-order valence-electron chi connectivity index (χ4n) is 2.38. The van der Waals surface area contributed by atoms with E-state index in [4.69, 9.17) is 0 Å². The summed E-state index contributed by atoms with van der Waals surface area (Å²) in [7, 11) is 1.86. The van der Waals surface area contributed by atoms with E-state index in [1.54, 1.807) is 6.20 Å². The summed E-state index contributed by atoms with van der Waals surface area (Å²) < 4.78 is 2.97. The van der Waals surface area contributed by atoms with Crippen LogP contribution in [-0.4, -0.2) is 35.0 Å². The highest BCUT2D eigenvalue weighted by molar-refractivity contribution is 5.93. The quantitative estimate of drug-likeness (QED) is 0.718. The lowest BCUT2D eigenvalue weighted by Crippen LogP contribution is -2.37. The molecule has 3 aromatic heterocycles. The van der Waals surface area contributed by atoms with E-state index in [1.165, 1.54) is 12.5 Å². The van der Waals surface area contributed by atoms with Crippen molar-refractivity contribution in [2.24, 2.45) is 13.0 Å². The van der Waals surface area contributed by atoms with E-state index < -0.39 is 11.5 Å². The maximum absolute atomic E-state index is 12.5. The fourth-order valence-corrected chi connectivity index (χ4v) is 2.38. The minimum absolute atomic E-state index is 0.0494. The van der Waals surface area contributed by atoms with Crippen LogP contribution in [-0.2, 0) is 7.05 Å². The van der Waals surface area contributed by atoms with Crippen molar-refractivity contribution in [1.29, 1.82) is 0 Å². The van der Waals surface area contributed by atoms with Gasteiger partial charge in [-0.1, -0.05) is 13.8 Å². The van der Waals surface area contributed by atoms with Gasteiger partial charge in [0, 0.05) is 25.6 Å². The first-order valence-electron chi connectivity index (χ1n) is 7.18. The smallest absolute Gasteiger partial charge is 0.286 e. The van der Waals surface area contributed by atoms with Gasteiger partial charge in [-0.25, -0.2) is 15.0 Å². The van der Waals surface area contributed by atoms with Gasteiger partial charge in [-0.15, -0.1) is 0 Å². The second-order valence-electron chi connectivity index (χ2n) is 5.59. The van der Waals surface area contributed by atoms with Crippen molar-refractivity contribution in [3.63, 3.8) is 0 Å². The molecule has 0 saturated heterocycles. The molecular weight excluding hydrogens is 298 g/mol. The topological polar surface area (TPSA) is 110 Å². The summed E-state index contributed by atoms with van der Waals surface area (Å²) in [5.41, 5.74) is -0.543. The molecule has 0 aliphatic rings. The maximum Gasteiger partial charge on any atom is 0.286 e. The van der Waals surface area contributed by atoms with Gasteiger partial charge >= 0.3 is 0 Å². The van der Waals surface area contributed by atoms with E-state index in [-0.39, 0.29) is 23.3 Å². The zero-order chi connectivity index (χ0) is 16.6. The Balaban J connectivity index is 1.94. The van der Waals surface area contributed by atoms with E-state index in [1.807, 2.05) is 31.7 Å². The number of rotatable bonds is 4. The third-order valence-corrected chi connectivity index (χ3v) is 3.64. The molecule has 0 aliphatic carbocycles. The highest BCUT2D eigenvalue weighted by Gasteiger charge is 2.24. The van der Waals surface area contributed by atoms with Gasteiger partial charge in [-0.05, 0) is 5.92 Å². The molecule has 3 aromatic rings. The molecule has 2 N–H and O–H groups in total. The molecule has 0 bridgehead atoms. The molecule has 0 radical (unpaired) electrons. The van der Waals surface area contributed by atoms with Gasteiger partial charge in [0.15, 0.2) is 0 Å². The number of hydrogen-bond donors (Lipinski definition) is 2. The van der Waals surface area contributed by atoms with Gasteiger partial charge < -0.3 is 9.88 Å². The van der Waals surface area contributed by atoms with Gasteiger partial charge in [-0.2, -0.15) is 4.52 Å². The summed E-state index contributed by atoms with van der Waals surface area (Å²) in [6.07, 6.45) is 6.06. The first-order valence-corrected chi connectivity index (χ1v) is 7.18. The van der Waals surface area contributed by atoms with Crippen molar-refractivity contribution in [2.45, 2.75) is 19.9 Å². The van der Waals surface area contributed by atoms with Crippen LogP contribution < -0.4 is 10.9 Å². The van der Waals surface area contributed by atoms with Crippen LogP contribution >= 0.6 is 0 Å². The Morgan fingerprint density at radius 2 is 2.09 bits per heavy atom. The van der Waals surface area contributed by atoms with Crippen LogP contribution in [0.1, 0.15) is 36.1 Å². The SMILES string of the molecule is CC(C)[C@H](NC(=O)c1cnc2nc[nH]n2c1=O)c1nccn1C. The van der Waals surface area contributed by atoms with Crippen LogP contribution in [0.25, 0.3) is 5.78 Å². The second-order valence-corrected chi connectivity index (χ2v) is 5.59. The fraction of sp³-hybridized carbons (Fsp3) is 0.357. The van der Waals surface area contributed by atoms with Crippen LogP contribution in [0.3, 0.4) is 0 Å². The van der Waals surface area contributed by atoms with Crippen LogP contribution in [0.2, 0.25) is 0 Å². The summed E-state index contributed by atoms with van der Waals surface area (Å²) in [5, 5.41) is 5.49. The van der Waals surface area contributed by atoms with Gasteiger partial charge in [-0.3, -0.25) is 14.7 Å². The number of nitrogens with zero attached hydrogens (tertiary/aromatic N) is 5. The third kappa shape index (κ3) is 2.60. The second kappa shape index (κ2) is 5.67. The summed E-state index contributed by atoms with van der Waals surface area (Å²) in [5.74, 6) is 0.556. The average molecular weight is 315 g/mol. The normalized spacial score (nSPS) is 12.7. The highest BCUT2D eigenvalue weighted by atomic mass is 16.2. The van der Waals surface area contributed by atoms with Crippen molar-refractivity contribution >= 4 is 11.7 Å². The molecule has 3 rings (SSSR count). The zero-order valence-corrected chi connectivity index (χ0v) is 13.0. The van der Waals surface area contributed by atoms with Crippen molar-refractivity contribution in [3.05, 3.63) is 46.7 Å². The predicted octanol–water partition coefficient (Wildman–Crippen LogP) is 0.278. The Morgan fingerprint density at radius 3 is 2.74 bits per heavy atom. The van der Waals surface area contributed by atoms with Crippen molar-refractivity contribution in [2.75, 3.05) is 0 Å². The average Bonchev–Trinajstić information content (AvgIpc) is 3.13. The zero-order valence-electron chi connectivity index (χ0n) is 13.0. The Hall–Kier alpha value is -2.97. The number of imidazole rings is 1. The van der Waals surface area contributed by atoms with E-state index in [0.717, 1.165) is 10.3 Å². The molecule has 9 heteroatoms. The molecule has 0 unspecified atom stereocenters. The largest absolute Gasteiger partial charge is 0.342 e. The predicted molar refractivity (Wildman–Crippen MR) is 81.9 cm³/mol. The first-order chi connectivity index (χ1) is 11.0. The Bertz CT molecular complexity index is 905. The monoisotopic (exact) mass is 315 g/mol. The van der Waals surface area contributed by atoms with Crippen LogP contribution in [0.4, 0.5) is 0 Å². The van der Waals surface area contributed by atoms with E-state index in [0.29, 0.717) is 0 Å². The van der Waals surface area contributed by atoms with Gasteiger partial charge in [0.05, 0.1) is 6.04 Å². The molecule has 1 amide bonds. The van der Waals surface area contributed by atoms with Crippen molar-refractivity contribution in [3.8, 4) is 0 Å². The molecule has 9 nitrogen and oxygen atoms in total. The number of carbonyl (C=O) groups is 1. The highest BCUT2D eigenvalue weighted by Crippen LogP contribution is 2.19. The molecule has 3 heterocycles. The number of amides is 1. The molecule has 120 valence electrons. The Labute approximate surface area is 131 Å². The number of aryl methyl sites for hydroxylation is 1. The lowest BCUT2D eigenvalue weighted by Gasteiger charge is -2.21. The van der Waals surface area contributed by atoms with Crippen molar-refractivity contribution in [1.82, 2.24) is 34.4 Å². The summed E-state index contributed by atoms with van der Waals surface area (Å²) in [6.45, 7) is 3.95. The molecule has 23 heavy (non-hydrogen) atoms. The van der Waals surface area contributed by atoms with Crippen LogP contribution in [0.15, 0.2) is 29.7 Å². The number of fused-ring (bicyclic) bond motifs is 1. The molecule has 0 aliphatic heterocycles. The number of aromatic amines is 1. The Morgan fingerprint density at radius 1 is 1.30 bits per heavy atom. The van der Waals surface area contributed by atoms with Gasteiger partial charge in [0.1, 0.15) is 17.7 Å². The van der Waals surface area contributed by atoms with E-state index in [9.17, 15) is 9.59 Å². The van der Waals surface area contributed by atoms with Crippen LogP contribution in [0.5, 0.6) is 0 Å². The number of H-pyrrole nitrogens is 1. The lowest BCUT2D eigenvalue weighted by atomic mass is 10.0. The third-order valence-electron chi connectivity index (χ3n) is 3.64. The molecule has 0 spiro atoms. The van der Waals surface area contributed by atoms with Gasteiger partial charge in [0.2, 0.25) is 0 Å². The molecule has 1 atom stereocenters. The number of aromatic nitrogens is 6. The number of carbonyl (C=O) groups excluding carboxylic acids is 1. The molecular formula is C14H17N7O2. The van der Waals surface area contributed by atoms with Gasteiger partial charge in [0.25, 0.3) is 17.2 Å². The number of hydrogen-bond acceptors (Lipinski definition) is 5. The number of nitrogens with one attached hydrogen (secondary N) is 2. The molecule has 0 fully saturated rings. The lowest BCUT2D eigenvalue weighted by molar-refractivity contribution is 0.0920. The minimum Gasteiger partial charge on any atom is -0.342 e. The van der Waals surface area contributed by atoms with E-state index >= 15 is 0 Å². The minimum atomic E-state index is -0.493. The standard InChI is InChI=1S/C14H17N7O2/c1-8(2)10(11-15-4-5-20(11)3)19-12(22)9-6-16-14-17-7-18-21(14)13(9)23/h4-8,10H,1-3H3,(H,19,22)(H,16,17,18)/t10-/m0/s1. The summed E-state index contributed by atoms with van der Waals surface area (Å²) in [6, 6.07) is -0.315. The Kier molecular flexibility index (Phi) is 3.68. The molecule has 0 aromatic carbocycles. The van der Waals surface area contributed by atoms with Crippen LogP contribution in [0, 0.1) is 5.92 Å². The first kappa shape index (κ1) is 14.9. The van der Waals surface area contributed by atoms with E-state index in [2.05, 4.69) is 25.4 Å².